The maximum absolute atomic E-state index is 13.2. The summed E-state index contributed by atoms with van der Waals surface area (Å²) in [6, 6.07) is 8.08. The Labute approximate surface area is 123 Å². The predicted molar refractivity (Wildman–Crippen MR) is 73.9 cm³/mol. The molecule has 4 nitrogen and oxygen atoms in total. The first kappa shape index (κ1) is 15.5. The lowest BCUT2D eigenvalue weighted by atomic mass is 9.66. The monoisotopic (exact) mass is 291 g/mol. The van der Waals surface area contributed by atoms with Crippen LogP contribution in [0.5, 0.6) is 0 Å². The summed E-state index contributed by atoms with van der Waals surface area (Å²) >= 11 is 0. The number of nitrogens with zero attached hydrogens (tertiary/aromatic N) is 1. The van der Waals surface area contributed by atoms with Crippen molar-refractivity contribution >= 4 is 5.97 Å². The van der Waals surface area contributed by atoms with Gasteiger partial charge in [-0.05, 0) is 37.5 Å². The first-order valence-corrected chi connectivity index (χ1v) is 7.04. The zero-order valence-electron chi connectivity index (χ0n) is 12.0. The Balaban J connectivity index is 2.43. The van der Waals surface area contributed by atoms with Gasteiger partial charge in [0, 0.05) is 18.6 Å². The quantitative estimate of drug-likeness (QED) is 0.800. The van der Waals surface area contributed by atoms with Crippen LogP contribution in [-0.2, 0) is 19.7 Å². The van der Waals surface area contributed by atoms with E-state index in [0.717, 1.165) is 5.56 Å². The van der Waals surface area contributed by atoms with Crippen LogP contribution < -0.4 is 0 Å². The lowest BCUT2D eigenvalue weighted by Gasteiger charge is -2.39. The number of benzene rings is 1. The van der Waals surface area contributed by atoms with E-state index in [1.54, 1.807) is 19.1 Å². The first-order valence-electron chi connectivity index (χ1n) is 7.04. The van der Waals surface area contributed by atoms with Gasteiger partial charge in [0.05, 0.1) is 12.7 Å². The minimum atomic E-state index is -0.910. The maximum atomic E-state index is 13.2. The second-order valence-electron chi connectivity index (χ2n) is 5.09. The summed E-state index contributed by atoms with van der Waals surface area (Å²) in [5, 5.41) is 9.49. The molecule has 0 aliphatic carbocycles. The second kappa shape index (κ2) is 6.68. The van der Waals surface area contributed by atoms with E-state index < -0.39 is 17.3 Å². The molecule has 21 heavy (non-hydrogen) atoms. The van der Waals surface area contributed by atoms with Gasteiger partial charge < -0.3 is 9.47 Å². The molecule has 0 radical (unpaired) electrons. The Morgan fingerprint density at radius 1 is 1.43 bits per heavy atom. The van der Waals surface area contributed by atoms with E-state index in [9.17, 15) is 14.4 Å². The molecule has 1 aliphatic heterocycles. The molecule has 112 valence electrons. The van der Waals surface area contributed by atoms with Gasteiger partial charge in [-0.3, -0.25) is 4.79 Å². The van der Waals surface area contributed by atoms with E-state index in [2.05, 4.69) is 6.07 Å². The lowest BCUT2D eigenvalue weighted by molar-refractivity contribution is -0.149. The Morgan fingerprint density at radius 3 is 2.57 bits per heavy atom. The number of halogens is 1. The van der Waals surface area contributed by atoms with Crippen LogP contribution in [0.15, 0.2) is 24.3 Å². The fourth-order valence-corrected chi connectivity index (χ4v) is 2.89. The molecule has 0 bridgehead atoms. The van der Waals surface area contributed by atoms with Crippen molar-refractivity contribution in [3.8, 4) is 6.07 Å². The average molecular weight is 291 g/mol. The third kappa shape index (κ3) is 3.06. The fourth-order valence-electron chi connectivity index (χ4n) is 2.89. The average Bonchev–Trinajstić information content (AvgIpc) is 2.50. The molecule has 0 amide bonds. The van der Waals surface area contributed by atoms with E-state index in [0.29, 0.717) is 26.1 Å². The maximum Gasteiger partial charge on any atom is 0.324 e. The zero-order chi connectivity index (χ0) is 15.3. The molecule has 5 heteroatoms. The van der Waals surface area contributed by atoms with Crippen LogP contribution in [-0.4, -0.2) is 25.8 Å². The third-order valence-corrected chi connectivity index (χ3v) is 4.01. The van der Waals surface area contributed by atoms with Crippen LogP contribution in [0, 0.1) is 23.1 Å². The third-order valence-electron chi connectivity index (χ3n) is 4.01. The van der Waals surface area contributed by atoms with Crippen molar-refractivity contribution in [1.29, 1.82) is 5.26 Å². The summed E-state index contributed by atoms with van der Waals surface area (Å²) in [4.78, 5) is 12.2. The second-order valence-corrected chi connectivity index (χ2v) is 5.09. The summed E-state index contributed by atoms with van der Waals surface area (Å²) in [5.41, 5.74) is 0.110. The van der Waals surface area contributed by atoms with Crippen molar-refractivity contribution in [3.63, 3.8) is 0 Å². The number of nitriles is 1. The molecule has 1 heterocycles. The van der Waals surface area contributed by atoms with E-state index in [1.165, 1.54) is 12.1 Å². The molecule has 0 spiro atoms. The van der Waals surface area contributed by atoms with Gasteiger partial charge in [-0.15, -0.1) is 0 Å². The van der Waals surface area contributed by atoms with Crippen LogP contribution in [0.25, 0.3) is 0 Å². The molecule has 1 atom stereocenters. The van der Waals surface area contributed by atoms with Crippen molar-refractivity contribution in [2.45, 2.75) is 25.2 Å². The number of esters is 1. The van der Waals surface area contributed by atoms with Gasteiger partial charge in [-0.2, -0.15) is 5.26 Å². The lowest BCUT2D eigenvalue weighted by Crippen LogP contribution is -2.44. The number of rotatable bonds is 4. The van der Waals surface area contributed by atoms with Crippen LogP contribution in [0.3, 0.4) is 0 Å². The smallest absolute Gasteiger partial charge is 0.324 e. The highest BCUT2D eigenvalue weighted by atomic mass is 19.1. The summed E-state index contributed by atoms with van der Waals surface area (Å²) < 4.78 is 23.6. The Hall–Kier alpha value is -1.93. The topological polar surface area (TPSA) is 59.3 Å². The van der Waals surface area contributed by atoms with Gasteiger partial charge >= 0.3 is 5.97 Å². The molecule has 1 aliphatic rings. The van der Waals surface area contributed by atoms with Gasteiger partial charge in [0.2, 0.25) is 0 Å². The predicted octanol–water partition coefficient (Wildman–Crippen LogP) is 2.58. The number of ether oxygens (including phenoxy) is 2. The summed E-state index contributed by atoms with van der Waals surface area (Å²) in [6.45, 7) is 2.87. The fraction of sp³-hybridized carbons (Fsp3) is 0.500. The van der Waals surface area contributed by atoms with E-state index in [4.69, 9.17) is 9.47 Å². The number of hydrogen-bond donors (Lipinski definition) is 0. The number of carbonyl (C=O) groups excluding carboxylic acids is 1. The van der Waals surface area contributed by atoms with Crippen molar-refractivity contribution in [2.24, 2.45) is 5.92 Å². The molecule has 1 aromatic carbocycles. The SMILES string of the molecule is CCOC(=O)C(C#N)C1(c2ccc(F)cc2)CCOCC1. The highest BCUT2D eigenvalue weighted by Gasteiger charge is 2.46. The number of carbonyl (C=O) groups is 1. The van der Waals surface area contributed by atoms with Crippen LogP contribution in [0.1, 0.15) is 25.3 Å². The van der Waals surface area contributed by atoms with Crippen LogP contribution >= 0.6 is 0 Å². The molecule has 2 rings (SSSR count). The molecule has 1 fully saturated rings. The van der Waals surface area contributed by atoms with Gasteiger partial charge in [0.1, 0.15) is 5.82 Å². The minimum Gasteiger partial charge on any atom is -0.465 e. The van der Waals surface area contributed by atoms with Gasteiger partial charge in [-0.25, -0.2) is 4.39 Å². The largest absolute Gasteiger partial charge is 0.465 e. The highest BCUT2D eigenvalue weighted by Crippen LogP contribution is 2.42. The standard InChI is InChI=1S/C16H18FNO3/c1-2-21-15(19)14(11-18)16(7-9-20-10-8-16)12-3-5-13(17)6-4-12/h3-6,14H,2,7-10H2,1H3. The first-order chi connectivity index (χ1) is 10.1. The highest BCUT2D eigenvalue weighted by molar-refractivity contribution is 5.77. The zero-order valence-corrected chi connectivity index (χ0v) is 12.0. The molecule has 0 N–H and O–H groups in total. The Kier molecular flexibility index (Phi) is 4.92. The molecule has 1 aromatic rings. The molecule has 1 unspecified atom stereocenters. The van der Waals surface area contributed by atoms with Crippen LogP contribution in [0.4, 0.5) is 4.39 Å². The van der Waals surface area contributed by atoms with E-state index >= 15 is 0 Å². The molecular formula is C16H18FNO3. The summed E-state index contributed by atoms with van der Waals surface area (Å²) in [7, 11) is 0. The van der Waals surface area contributed by atoms with Crippen molar-refractivity contribution < 1.29 is 18.7 Å². The van der Waals surface area contributed by atoms with Crippen molar-refractivity contribution in [1.82, 2.24) is 0 Å². The van der Waals surface area contributed by atoms with Crippen LogP contribution in [0.2, 0.25) is 0 Å². The van der Waals surface area contributed by atoms with Crippen molar-refractivity contribution in [3.05, 3.63) is 35.6 Å². The van der Waals surface area contributed by atoms with Crippen molar-refractivity contribution in [2.75, 3.05) is 19.8 Å². The summed E-state index contributed by atoms with van der Waals surface area (Å²) in [6.07, 6.45) is 1.07. The Bertz CT molecular complexity index is 529. The Morgan fingerprint density at radius 2 is 2.05 bits per heavy atom. The molecule has 0 saturated carbocycles. The van der Waals surface area contributed by atoms with Gasteiger partial charge in [0.15, 0.2) is 5.92 Å². The normalized spacial score (nSPS) is 18.5. The number of hydrogen-bond acceptors (Lipinski definition) is 4. The molecular weight excluding hydrogens is 273 g/mol. The molecule has 0 aromatic heterocycles. The van der Waals surface area contributed by atoms with E-state index in [-0.39, 0.29) is 12.4 Å². The van der Waals surface area contributed by atoms with E-state index in [1.807, 2.05) is 0 Å². The van der Waals surface area contributed by atoms with Gasteiger partial charge in [0.25, 0.3) is 0 Å². The van der Waals surface area contributed by atoms with Gasteiger partial charge in [-0.1, -0.05) is 12.1 Å². The molecule has 1 saturated heterocycles. The minimum absolute atomic E-state index is 0.229. The summed E-state index contributed by atoms with van der Waals surface area (Å²) in [5.74, 6) is -1.77.